The average Bonchev–Trinajstić information content (AvgIpc) is 2.77. The van der Waals surface area contributed by atoms with Crippen LogP contribution in [-0.4, -0.2) is 48.6 Å². The molecule has 0 saturated heterocycles. The van der Waals surface area contributed by atoms with Crippen molar-refractivity contribution in [3.8, 4) is 22.8 Å². The van der Waals surface area contributed by atoms with E-state index >= 15 is 0 Å². The van der Waals surface area contributed by atoms with E-state index in [0.717, 1.165) is 16.8 Å². The van der Waals surface area contributed by atoms with Crippen molar-refractivity contribution in [2.45, 2.75) is 33.3 Å². The first-order valence-corrected chi connectivity index (χ1v) is 11.2. The number of aliphatic hydroxyl groups is 1. The third-order valence-electron chi connectivity index (χ3n) is 5.41. The van der Waals surface area contributed by atoms with Crippen molar-refractivity contribution >= 4 is 21.6 Å². The third-order valence-corrected chi connectivity index (χ3v) is 6.09. The second-order valence-electron chi connectivity index (χ2n) is 8.45. The van der Waals surface area contributed by atoms with Crippen LogP contribution in [0.4, 0.5) is 0 Å². The van der Waals surface area contributed by atoms with Crippen LogP contribution in [0.3, 0.4) is 0 Å². The van der Waals surface area contributed by atoms with Crippen LogP contribution in [0.5, 0.6) is 5.88 Å². The molecule has 170 valence electrons. The molecule has 0 spiro atoms. The number of halogens is 1. The summed E-state index contributed by atoms with van der Waals surface area (Å²) in [6.07, 6.45) is 5.50. The van der Waals surface area contributed by atoms with Crippen molar-refractivity contribution in [2.75, 3.05) is 13.7 Å². The van der Waals surface area contributed by atoms with Gasteiger partial charge in [0.2, 0.25) is 11.6 Å². The second kappa shape index (κ2) is 8.64. The van der Waals surface area contributed by atoms with Gasteiger partial charge in [-0.25, -0.2) is 14.5 Å². The molecule has 1 aromatic carbocycles. The maximum atomic E-state index is 13.3. The molecule has 1 N–H and O–H groups in total. The van der Waals surface area contributed by atoms with Crippen molar-refractivity contribution in [1.82, 2.24) is 19.5 Å². The van der Waals surface area contributed by atoms with E-state index < -0.39 is 5.60 Å². The van der Waals surface area contributed by atoms with Crippen LogP contribution in [0.1, 0.15) is 31.1 Å². The maximum absolute atomic E-state index is 13.3. The summed E-state index contributed by atoms with van der Waals surface area (Å²) in [6, 6.07) is 7.51. The summed E-state index contributed by atoms with van der Waals surface area (Å²) in [5.74, 6) is 1.08. The van der Waals surface area contributed by atoms with Crippen LogP contribution in [0.2, 0.25) is 0 Å². The zero-order valence-corrected chi connectivity index (χ0v) is 20.7. The van der Waals surface area contributed by atoms with E-state index in [1.165, 1.54) is 0 Å². The van der Waals surface area contributed by atoms with Crippen LogP contribution in [0, 0.1) is 13.8 Å². The lowest BCUT2D eigenvalue weighted by molar-refractivity contribution is -0.434. The minimum absolute atomic E-state index is 0.259. The predicted molar refractivity (Wildman–Crippen MR) is 129 cm³/mol. The summed E-state index contributed by atoms with van der Waals surface area (Å²) < 4.78 is 9.55. The van der Waals surface area contributed by atoms with E-state index in [-0.39, 0.29) is 15.9 Å². The molecule has 4 rings (SSSR count). The molecule has 0 aliphatic carbocycles. The van der Waals surface area contributed by atoms with Crippen LogP contribution in [-0.2, 0) is 5.60 Å². The average molecular weight is 511 g/mol. The smallest absolute Gasteiger partial charge is 0.276 e. The van der Waals surface area contributed by atoms with Gasteiger partial charge in [-0.05, 0) is 61.3 Å². The van der Waals surface area contributed by atoms with Crippen molar-refractivity contribution in [3.63, 3.8) is 0 Å². The van der Waals surface area contributed by atoms with Gasteiger partial charge in [0, 0.05) is 11.8 Å². The van der Waals surface area contributed by atoms with E-state index in [2.05, 4.69) is 30.9 Å². The van der Waals surface area contributed by atoms with Crippen molar-refractivity contribution in [1.29, 1.82) is 0 Å². The highest BCUT2D eigenvalue weighted by molar-refractivity contribution is 9.10. The largest absolute Gasteiger partial charge is 0.465 e. The molecule has 0 fully saturated rings. The molecule has 0 unspecified atom stereocenters. The van der Waals surface area contributed by atoms with Gasteiger partial charge in [0.25, 0.3) is 5.56 Å². The van der Waals surface area contributed by atoms with Gasteiger partial charge >= 0.3 is 0 Å². The molecular formula is C24H25BrN5O3+. The summed E-state index contributed by atoms with van der Waals surface area (Å²) in [7, 11) is 1.93. The van der Waals surface area contributed by atoms with E-state index in [0.29, 0.717) is 29.6 Å². The topological polar surface area (TPSA) is 93.1 Å². The van der Waals surface area contributed by atoms with E-state index in [1.54, 1.807) is 37.6 Å². The lowest BCUT2D eigenvalue weighted by Crippen LogP contribution is -2.28. The van der Waals surface area contributed by atoms with Gasteiger partial charge in [-0.1, -0.05) is 12.1 Å². The van der Waals surface area contributed by atoms with Gasteiger partial charge in [-0.2, -0.15) is 4.98 Å². The molecular weight excluding hydrogens is 486 g/mol. The molecule has 8 nitrogen and oxygen atoms in total. The van der Waals surface area contributed by atoms with Gasteiger partial charge in [0.15, 0.2) is 18.6 Å². The number of rotatable bonds is 6. The quantitative estimate of drug-likeness (QED) is 0.511. The van der Waals surface area contributed by atoms with Crippen molar-refractivity contribution < 1.29 is 14.4 Å². The predicted octanol–water partition coefficient (Wildman–Crippen LogP) is 3.29. The highest BCUT2D eigenvalue weighted by Gasteiger charge is 2.22. The van der Waals surface area contributed by atoms with Crippen LogP contribution < -0.4 is 10.3 Å². The summed E-state index contributed by atoms with van der Waals surface area (Å²) in [5.41, 5.74) is 2.61. The van der Waals surface area contributed by atoms with E-state index in [9.17, 15) is 9.90 Å². The molecule has 1 aliphatic heterocycles. The Hall–Kier alpha value is -3.17. The number of ether oxygens (including phenoxy) is 1. The minimum Gasteiger partial charge on any atom is -0.465 e. The first kappa shape index (κ1) is 23.0. The molecule has 0 bridgehead atoms. The second-order valence-corrected chi connectivity index (χ2v) is 9.24. The van der Waals surface area contributed by atoms with Crippen molar-refractivity contribution in [2.24, 2.45) is 0 Å². The summed E-state index contributed by atoms with van der Waals surface area (Å²) >= 11 is 3.38. The highest BCUT2D eigenvalue weighted by atomic mass is 79.9. The monoisotopic (exact) mass is 510 g/mol. The Morgan fingerprint density at radius 1 is 1.21 bits per heavy atom. The van der Waals surface area contributed by atoms with Gasteiger partial charge in [0.1, 0.15) is 22.9 Å². The van der Waals surface area contributed by atoms with Crippen LogP contribution in [0.15, 0.2) is 52.0 Å². The molecule has 2 aromatic heterocycles. The van der Waals surface area contributed by atoms with Gasteiger partial charge < -0.3 is 9.84 Å². The molecule has 33 heavy (non-hydrogen) atoms. The van der Waals surface area contributed by atoms with Gasteiger partial charge in [-0.15, -0.1) is 0 Å². The zero-order valence-electron chi connectivity index (χ0n) is 19.1. The first-order chi connectivity index (χ1) is 15.6. The standard InChI is InChI=1S/C24H25BrN5O3/c1-14-6-7-16(18-8-10-26-23(28-18)24(3,4)32)12-19(14)30-15(2)27-21(20(25)22(30)31)33-13-17-9-11-29(17)5/h6-12,32H,13H2,1-5H3/q+1. The normalized spacial score (nSPS) is 13.3. The molecule has 0 amide bonds. The van der Waals surface area contributed by atoms with E-state index in [4.69, 9.17) is 4.74 Å². The molecule has 0 saturated carbocycles. The molecule has 3 aromatic rings. The number of benzene rings is 1. The number of aromatic nitrogens is 4. The van der Waals surface area contributed by atoms with E-state index in [1.807, 2.05) is 49.0 Å². The van der Waals surface area contributed by atoms with Gasteiger partial charge in [-0.3, -0.25) is 9.36 Å². The highest BCUT2D eigenvalue weighted by Crippen LogP contribution is 2.27. The van der Waals surface area contributed by atoms with Crippen molar-refractivity contribution in [3.05, 3.63) is 74.8 Å². The number of hydrogen-bond acceptors (Lipinski definition) is 6. The number of nitrogens with zero attached hydrogens (tertiary/aromatic N) is 5. The molecule has 9 heteroatoms. The van der Waals surface area contributed by atoms with Crippen LogP contribution in [0.25, 0.3) is 16.9 Å². The summed E-state index contributed by atoms with van der Waals surface area (Å²) in [4.78, 5) is 26.5. The molecule has 0 atom stereocenters. The number of aryl methyl sites for hydroxylation is 2. The Morgan fingerprint density at radius 2 is 1.97 bits per heavy atom. The molecule has 1 aliphatic rings. The SMILES string of the molecule is Cc1ccc(-c2ccnc(C(C)(C)O)n2)cc1-n1c(C)nc(OCC2=[N+](C)C=C2)c(Br)c1=O. The lowest BCUT2D eigenvalue weighted by Gasteiger charge is -2.17. The zero-order chi connectivity index (χ0) is 23.9. The Bertz CT molecular complexity index is 1370. The fourth-order valence-electron chi connectivity index (χ4n) is 3.41. The fraction of sp³-hybridized carbons (Fsp3) is 0.292. The third kappa shape index (κ3) is 4.51. The Balaban J connectivity index is 1.75. The molecule has 0 radical (unpaired) electrons. The molecule has 3 heterocycles. The summed E-state index contributed by atoms with van der Waals surface area (Å²) in [5, 5.41) is 10.3. The lowest BCUT2D eigenvalue weighted by atomic mass is 10.1. The van der Waals surface area contributed by atoms with Crippen LogP contribution >= 0.6 is 15.9 Å². The maximum Gasteiger partial charge on any atom is 0.276 e. The first-order valence-electron chi connectivity index (χ1n) is 10.4. The Morgan fingerprint density at radius 3 is 2.61 bits per heavy atom. The fourth-order valence-corrected chi connectivity index (χ4v) is 3.79. The van der Waals surface area contributed by atoms with Gasteiger partial charge in [0.05, 0.1) is 17.5 Å². The Labute approximate surface area is 200 Å². The minimum atomic E-state index is -1.16. The Kier molecular flexibility index (Phi) is 6.02. The summed E-state index contributed by atoms with van der Waals surface area (Å²) in [6.45, 7) is 7.31. The number of hydrogen-bond donors (Lipinski definition) is 1.